The quantitative estimate of drug-likeness (QED) is 0.324. The number of thioether (sulfide) groups is 1. The lowest BCUT2D eigenvalue weighted by Crippen LogP contribution is -2.37. The molecule has 2 aromatic heterocycles. The highest BCUT2D eigenvalue weighted by molar-refractivity contribution is 7.99. The summed E-state index contributed by atoms with van der Waals surface area (Å²) in [5.74, 6) is 0.391. The van der Waals surface area contributed by atoms with Gasteiger partial charge in [-0.15, -0.1) is 10.2 Å². The van der Waals surface area contributed by atoms with E-state index in [2.05, 4.69) is 27.3 Å². The molecule has 0 saturated heterocycles. The zero-order chi connectivity index (χ0) is 24.5. The van der Waals surface area contributed by atoms with Gasteiger partial charge in [0.15, 0.2) is 11.0 Å². The van der Waals surface area contributed by atoms with Crippen molar-refractivity contribution in [2.75, 3.05) is 12.3 Å². The second kappa shape index (κ2) is 9.62. The summed E-state index contributed by atoms with van der Waals surface area (Å²) in [5, 5.41) is 10.4. The van der Waals surface area contributed by atoms with Crippen molar-refractivity contribution in [1.29, 1.82) is 0 Å². The Morgan fingerprint density at radius 2 is 1.75 bits per heavy atom. The van der Waals surface area contributed by atoms with Gasteiger partial charge in [-0.3, -0.25) is 9.36 Å². The van der Waals surface area contributed by atoms with Crippen molar-refractivity contribution >= 4 is 28.6 Å². The third kappa shape index (κ3) is 4.28. The van der Waals surface area contributed by atoms with E-state index in [0.717, 1.165) is 17.5 Å². The van der Waals surface area contributed by atoms with Gasteiger partial charge in [-0.2, -0.15) is 0 Å². The summed E-state index contributed by atoms with van der Waals surface area (Å²) < 4.78 is 16.5. The van der Waals surface area contributed by atoms with E-state index in [-0.39, 0.29) is 17.5 Å². The van der Waals surface area contributed by atoms with Crippen LogP contribution in [0.5, 0.6) is 0 Å². The first-order valence-corrected chi connectivity index (χ1v) is 12.9. The molecule has 6 nitrogen and oxygen atoms in total. The number of benzene rings is 3. The Hall–Kier alpha value is -3.91. The number of para-hydroxylation sites is 1. The molecule has 3 heterocycles. The molecule has 0 saturated carbocycles. The largest absolute Gasteiger partial charge is 0.358 e. The summed E-state index contributed by atoms with van der Waals surface area (Å²) in [6, 6.07) is 24.7. The second-order valence-corrected chi connectivity index (χ2v) is 9.78. The number of amides is 1. The lowest BCUT2D eigenvalue weighted by atomic mass is 10.0. The SMILES string of the molecule is O=C(CSc1nnc(-c2ccccc2F)n1Cc1ccccc1)N1CCc2[nH]c3ccccc3c2C1. The van der Waals surface area contributed by atoms with Crippen LogP contribution in [0.15, 0.2) is 84.0 Å². The van der Waals surface area contributed by atoms with Gasteiger partial charge in [0.25, 0.3) is 0 Å². The smallest absolute Gasteiger partial charge is 0.233 e. The molecule has 0 radical (unpaired) electrons. The average Bonchev–Trinajstić information content (AvgIpc) is 3.48. The van der Waals surface area contributed by atoms with E-state index in [1.54, 1.807) is 18.2 Å². The molecule has 0 aliphatic carbocycles. The molecule has 6 rings (SSSR count). The van der Waals surface area contributed by atoms with E-state index < -0.39 is 0 Å². The fourth-order valence-corrected chi connectivity index (χ4v) is 5.58. The Bertz CT molecular complexity index is 1540. The molecule has 36 heavy (non-hydrogen) atoms. The highest BCUT2D eigenvalue weighted by Gasteiger charge is 2.25. The number of halogens is 1. The Morgan fingerprint density at radius 1 is 0.972 bits per heavy atom. The van der Waals surface area contributed by atoms with Gasteiger partial charge in [-0.05, 0) is 23.8 Å². The van der Waals surface area contributed by atoms with Crippen LogP contribution in [0.4, 0.5) is 4.39 Å². The summed E-state index contributed by atoms with van der Waals surface area (Å²) in [7, 11) is 0. The lowest BCUT2D eigenvalue weighted by molar-refractivity contribution is -0.129. The first kappa shape index (κ1) is 22.5. The van der Waals surface area contributed by atoms with Crippen molar-refractivity contribution in [3.63, 3.8) is 0 Å². The minimum atomic E-state index is -0.352. The summed E-state index contributed by atoms with van der Waals surface area (Å²) in [6.07, 6.45) is 0.808. The van der Waals surface area contributed by atoms with Gasteiger partial charge in [-0.1, -0.05) is 72.4 Å². The van der Waals surface area contributed by atoms with Crippen LogP contribution in [0.25, 0.3) is 22.3 Å². The minimum absolute atomic E-state index is 0.0534. The Kier molecular flexibility index (Phi) is 6.03. The highest BCUT2D eigenvalue weighted by atomic mass is 32.2. The maximum absolute atomic E-state index is 14.6. The van der Waals surface area contributed by atoms with Crippen LogP contribution in [0, 0.1) is 5.82 Å². The zero-order valence-corrected chi connectivity index (χ0v) is 20.3. The number of hydrogen-bond donors (Lipinski definition) is 1. The van der Waals surface area contributed by atoms with Crippen molar-refractivity contribution in [3.8, 4) is 11.4 Å². The molecular weight excluding hydrogens is 473 g/mol. The Labute approximate surface area is 212 Å². The highest BCUT2D eigenvalue weighted by Crippen LogP contribution is 2.30. The molecule has 0 atom stereocenters. The molecule has 1 aliphatic heterocycles. The number of carbonyl (C=O) groups is 1. The average molecular weight is 498 g/mol. The van der Waals surface area contributed by atoms with Crippen LogP contribution in [0.1, 0.15) is 16.8 Å². The third-order valence-electron chi connectivity index (χ3n) is 6.58. The first-order valence-electron chi connectivity index (χ1n) is 11.9. The van der Waals surface area contributed by atoms with Crippen LogP contribution in [-0.4, -0.2) is 42.9 Å². The molecule has 180 valence electrons. The van der Waals surface area contributed by atoms with E-state index in [1.165, 1.54) is 34.5 Å². The first-order chi connectivity index (χ1) is 17.7. The summed E-state index contributed by atoms with van der Waals surface area (Å²) in [6.45, 7) is 1.75. The Balaban J connectivity index is 1.23. The summed E-state index contributed by atoms with van der Waals surface area (Å²) >= 11 is 1.34. The van der Waals surface area contributed by atoms with Crippen LogP contribution in [-0.2, 0) is 24.3 Å². The monoisotopic (exact) mass is 497 g/mol. The summed E-state index contributed by atoms with van der Waals surface area (Å²) in [4.78, 5) is 18.6. The van der Waals surface area contributed by atoms with Crippen LogP contribution >= 0.6 is 11.8 Å². The number of nitrogens with zero attached hydrogens (tertiary/aromatic N) is 4. The Morgan fingerprint density at radius 3 is 2.61 bits per heavy atom. The molecule has 1 N–H and O–H groups in total. The fraction of sp³-hybridized carbons (Fsp3) is 0.179. The van der Waals surface area contributed by atoms with E-state index in [9.17, 15) is 9.18 Å². The molecule has 8 heteroatoms. The number of aromatic amines is 1. The van der Waals surface area contributed by atoms with Gasteiger partial charge in [0.1, 0.15) is 5.82 Å². The van der Waals surface area contributed by atoms with E-state index >= 15 is 0 Å². The molecule has 0 bridgehead atoms. The number of aromatic nitrogens is 4. The standard InChI is InChI=1S/C28H24FN5OS/c29-23-12-6-4-11-21(23)27-31-32-28(34(27)16-19-8-2-1-3-9-19)36-18-26(35)33-15-14-25-22(17-33)20-10-5-7-13-24(20)30-25/h1-13,30H,14-18H2. The second-order valence-electron chi connectivity index (χ2n) is 8.84. The predicted octanol–water partition coefficient (Wildman–Crippen LogP) is 5.29. The maximum Gasteiger partial charge on any atom is 0.233 e. The van der Waals surface area contributed by atoms with E-state index in [4.69, 9.17) is 0 Å². The number of fused-ring (bicyclic) bond motifs is 3. The van der Waals surface area contributed by atoms with E-state index in [0.29, 0.717) is 36.2 Å². The van der Waals surface area contributed by atoms with Gasteiger partial charge in [0.2, 0.25) is 5.91 Å². The van der Waals surface area contributed by atoms with Crippen molar-refractivity contribution < 1.29 is 9.18 Å². The maximum atomic E-state index is 14.6. The van der Waals surface area contributed by atoms with Gasteiger partial charge in [0, 0.05) is 41.7 Å². The topological polar surface area (TPSA) is 66.8 Å². The van der Waals surface area contributed by atoms with Crippen LogP contribution in [0.3, 0.4) is 0 Å². The minimum Gasteiger partial charge on any atom is -0.358 e. The molecule has 0 spiro atoms. The number of rotatable bonds is 6. The fourth-order valence-electron chi connectivity index (χ4n) is 4.74. The zero-order valence-electron chi connectivity index (χ0n) is 19.5. The summed E-state index contributed by atoms with van der Waals surface area (Å²) in [5.41, 5.74) is 4.96. The molecule has 1 aliphatic rings. The molecular formula is C28H24FN5OS. The molecule has 5 aromatic rings. The van der Waals surface area contributed by atoms with Crippen molar-refractivity contribution in [2.45, 2.75) is 24.7 Å². The van der Waals surface area contributed by atoms with Crippen molar-refractivity contribution in [2.24, 2.45) is 0 Å². The van der Waals surface area contributed by atoms with Crippen molar-refractivity contribution in [3.05, 3.63) is 102 Å². The van der Waals surface area contributed by atoms with Gasteiger partial charge < -0.3 is 9.88 Å². The van der Waals surface area contributed by atoms with Gasteiger partial charge in [0.05, 0.1) is 17.9 Å². The van der Waals surface area contributed by atoms with Gasteiger partial charge >= 0.3 is 0 Å². The molecule has 0 unspecified atom stereocenters. The van der Waals surface area contributed by atoms with Gasteiger partial charge in [-0.25, -0.2) is 4.39 Å². The molecule has 1 amide bonds. The number of H-pyrrole nitrogens is 1. The van der Waals surface area contributed by atoms with E-state index in [1.807, 2.05) is 51.9 Å². The van der Waals surface area contributed by atoms with Crippen LogP contribution < -0.4 is 0 Å². The third-order valence-corrected chi connectivity index (χ3v) is 7.53. The lowest BCUT2D eigenvalue weighted by Gasteiger charge is -2.27. The predicted molar refractivity (Wildman–Crippen MR) is 139 cm³/mol. The normalized spacial score (nSPS) is 13.2. The number of carbonyl (C=O) groups excluding carboxylic acids is 1. The molecule has 3 aromatic carbocycles. The molecule has 0 fully saturated rings. The van der Waals surface area contributed by atoms with Crippen LogP contribution in [0.2, 0.25) is 0 Å². The van der Waals surface area contributed by atoms with Crippen molar-refractivity contribution in [1.82, 2.24) is 24.6 Å². The number of nitrogens with one attached hydrogen (secondary N) is 1. The number of hydrogen-bond acceptors (Lipinski definition) is 4.